The molecule has 2 rings (SSSR count). The number of aliphatic hydroxyl groups is 1. The summed E-state index contributed by atoms with van der Waals surface area (Å²) >= 11 is 0. The minimum atomic E-state index is -4.42. The molecule has 1 aromatic heterocycles. The van der Waals surface area contributed by atoms with Gasteiger partial charge in [-0.15, -0.1) is 0 Å². The van der Waals surface area contributed by atoms with Crippen molar-refractivity contribution in [3.63, 3.8) is 0 Å². The van der Waals surface area contributed by atoms with Crippen molar-refractivity contribution in [2.75, 3.05) is 24.2 Å². The number of hydrogen-bond donors (Lipinski definition) is 3. The summed E-state index contributed by atoms with van der Waals surface area (Å²) in [5.41, 5.74) is -1.60. The molecule has 0 saturated heterocycles. The van der Waals surface area contributed by atoms with Crippen molar-refractivity contribution in [3.8, 4) is 0 Å². The molecule has 1 heterocycles. The number of nitrogens with one attached hydrogen (secondary N) is 2. The first-order valence-corrected chi connectivity index (χ1v) is 6.56. The van der Waals surface area contributed by atoms with E-state index in [0.717, 1.165) is 25.0 Å². The SMILES string of the molecule is CNc1cc(C(F)(F)F)cc(NCC2(O)CCCC2)n1. The van der Waals surface area contributed by atoms with Crippen LogP contribution in [0.1, 0.15) is 31.2 Å². The molecule has 1 aliphatic carbocycles. The van der Waals surface area contributed by atoms with Crippen LogP contribution in [0.4, 0.5) is 24.8 Å². The predicted octanol–water partition coefficient (Wildman–Crippen LogP) is 2.86. The number of alkyl halides is 3. The Morgan fingerprint density at radius 1 is 1.25 bits per heavy atom. The van der Waals surface area contributed by atoms with Gasteiger partial charge in [-0.3, -0.25) is 0 Å². The monoisotopic (exact) mass is 289 g/mol. The van der Waals surface area contributed by atoms with Crippen LogP contribution < -0.4 is 10.6 Å². The molecule has 0 radical (unpaired) electrons. The smallest absolute Gasteiger partial charge is 0.388 e. The number of rotatable bonds is 4. The molecule has 1 aliphatic rings. The number of hydrogen-bond acceptors (Lipinski definition) is 4. The molecule has 112 valence electrons. The van der Waals surface area contributed by atoms with Gasteiger partial charge in [-0.2, -0.15) is 13.2 Å². The third kappa shape index (κ3) is 3.53. The van der Waals surface area contributed by atoms with Gasteiger partial charge in [-0.1, -0.05) is 12.8 Å². The molecule has 20 heavy (non-hydrogen) atoms. The van der Waals surface area contributed by atoms with Crippen LogP contribution in [-0.2, 0) is 6.18 Å². The molecule has 4 nitrogen and oxygen atoms in total. The second-order valence-corrected chi connectivity index (χ2v) is 5.16. The summed E-state index contributed by atoms with van der Waals surface area (Å²) in [7, 11) is 1.51. The second-order valence-electron chi connectivity index (χ2n) is 5.16. The van der Waals surface area contributed by atoms with E-state index in [9.17, 15) is 18.3 Å². The lowest BCUT2D eigenvalue weighted by atomic mass is 10.0. The molecule has 0 aliphatic heterocycles. The van der Waals surface area contributed by atoms with Crippen molar-refractivity contribution in [1.82, 2.24) is 4.98 Å². The molecule has 0 atom stereocenters. The number of aromatic nitrogens is 1. The molecule has 0 spiro atoms. The average molecular weight is 289 g/mol. The minimum absolute atomic E-state index is 0.115. The molecule has 1 aromatic rings. The fraction of sp³-hybridized carbons (Fsp3) is 0.615. The van der Waals surface area contributed by atoms with Gasteiger partial charge in [0.2, 0.25) is 0 Å². The third-order valence-corrected chi connectivity index (χ3v) is 3.54. The van der Waals surface area contributed by atoms with Crippen LogP contribution in [0.15, 0.2) is 12.1 Å². The molecule has 0 aromatic carbocycles. The van der Waals surface area contributed by atoms with Crippen molar-refractivity contribution in [1.29, 1.82) is 0 Å². The van der Waals surface area contributed by atoms with E-state index in [-0.39, 0.29) is 18.2 Å². The third-order valence-electron chi connectivity index (χ3n) is 3.54. The second kappa shape index (κ2) is 5.47. The van der Waals surface area contributed by atoms with Gasteiger partial charge in [0.05, 0.1) is 11.2 Å². The van der Waals surface area contributed by atoms with Gasteiger partial charge in [-0.05, 0) is 25.0 Å². The number of anilines is 2. The maximum Gasteiger partial charge on any atom is 0.416 e. The summed E-state index contributed by atoms with van der Waals surface area (Å²) in [5, 5.41) is 15.6. The fourth-order valence-corrected chi connectivity index (χ4v) is 2.38. The van der Waals surface area contributed by atoms with E-state index in [0.29, 0.717) is 12.8 Å². The highest BCUT2D eigenvalue weighted by atomic mass is 19.4. The first-order chi connectivity index (χ1) is 9.32. The number of halogens is 3. The molecule has 1 fully saturated rings. The van der Waals surface area contributed by atoms with Crippen LogP contribution in [0.25, 0.3) is 0 Å². The Bertz CT molecular complexity index is 470. The molecular formula is C13H18F3N3O. The standard InChI is InChI=1S/C13H18F3N3O/c1-17-10-6-9(13(14,15)16)7-11(19-10)18-8-12(20)4-2-3-5-12/h6-7,20H,2-5,8H2,1H3,(H2,17,18,19). The van der Waals surface area contributed by atoms with E-state index in [1.165, 1.54) is 7.05 Å². The van der Waals surface area contributed by atoms with E-state index < -0.39 is 17.3 Å². The van der Waals surface area contributed by atoms with Gasteiger partial charge < -0.3 is 15.7 Å². The maximum atomic E-state index is 12.8. The Labute approximate surface area is 115 Å². The van der Waals surface area contributed by atoms with Gasteiger partial charge in [0.1, 0.15) is 11.6 Å². The van der Waals surface area contributed by atoms with E-state index in [4.69, 9.17) is 0 Å². The summed E-state index contributed by atoms with van der Waals surface area (Å²) in [5.74, 6) is 0.255. The Morgan fingerprint density at radius 3 is 2.40 bits per heavy atom. The molecule has 3 N–H and O–H groups in total. The summed E-state index contributed by atoms with van der Waals surface area (Å²) in [6.07, 6.45) is -1.21. The molecule has 0 bridgehead atoms. The average Bonchev–Trinajstić information content (AvgIpc) is 2.82. The zero-order chi connectivity index (χ0) is 14.8. The number of pyridine rings is 1. The molecule has 7 heteroatoms. The Balaban J connectivity index is 2.14. The van der Waals surface area contributed by atoms with Crippen molar-refractivity contribution in [2.24, 2.45) is 0 Å². The summed E-state index contributed by atoms with van der Waals surface area (Å²) in [4.78, 5) is 4.02. The van der Waals surface area contributed by atoms with E-state index in [2.05, 4.69) is 15.6 Å². The zero-order valence-electron chi connectivity index (χ0n) is 11.2. The van der Waals surface area contributed by atoms with Gasteiger partial charge in [-0.25, -0.2) is 4.98 Å². The topological polar surface area (TPSA) is 57.2 Å². The lowest BCUT2D eigenvalue weighted by Gasteiger charge is -2.23. The normalized spacial score (nSPS) is 18.1. The zero-order valence-corrected chi connectivity index (χ0v) is 11.2. The quantitative estimate of drug-likeness (QED) is 0.798. The maximum absolute atomic E-state index is 12.8. The van der Waals surface area contributed by atoms with Crippen LogP contribution >= 0.6 is 0 Å². The summed E-state index contributed by atoms with van der Waals surface area (Å²) in [6.45, 7) is 0.213. The Kier molecular flexibility index (Phi) is 4.08. The highest BCUT2D eigenvalue weighted by molar-refractivity contribution is 5.49. The van der Waals surface area contributed by atoms with Crippen LogP contribution in [0.2, 0.25) is 0 Å². The van der Waals surface area contributed by atoms with Crippen molar-refractivity contribution >= 4 is 11.6 Å². The van der Waals surface area contributed by atoms with E-state index >= 15 is 0 Å². The van der Waals surface area contributed by atoms with Gasteiger partial charge in [0.25, 0.3) is 0 Å². The lowest BCUT2D eigenvalue weighted by molar-refractivity contribution is -0.137. The van der Waals surface area contributed by atoms with Crippen LogP contribution in [0, 0.1) is 0 Å². The van der Waals surface area contributed by atoms with Crippen molar-refractivity contribution in [2.45, 2.75) is 37.5 Å². The number of nitrogens with zero attached hydrogens (tertiary/aromatic N) is 1. The van der Waals surface area contributed by atoms with Crippen molar-refractivity contribution < 1.29 is 18.3 Å². The summed E-state index contributed by atoms with van der Waals surface area (Å²) < 4.78 is 38.3. The Morgan fingerprint density at radius 2 is 1.85 bits per heavy atom. The highest BCUT2D eigenvalue weighted by Gasteiger charge is 2.33. The van der Waals surface area contributed by atoms with Crippen LogP contribution in [-0.4, -0.2) is 29.3 Å². The minimum Gasteiger partial charge on any atom is -0.388 e. The van der Waals surface area contributed by atoms with Crippen LogP contribution in [0.3, 0.4) is 0 Å². The fourth-order valence-electron chi connectivity index (χ4n) is 2.38. The van der Waals surface area contributed by atoms with Gasteiger partial charge >= 0.3 is 6.18 Å². The highest BCUT2D eigenvalue weighted by Crippen LogP contribution is 2.33. The van der Waals surface area contributed by atoms with Gasteiger partial charge in [0, 0.05) is 13.6 Å². The summed E-state index contributed by atoms with van der Waals surface area (Å²) in [6, 6.07) is 1.91. The Hall–Kier alpha value is -1.50. The predicted molar refractivity (Wildman–Crippen MR) is 70.7 cm³/mol. The van der Waals surface area contributed by atoms with Crippen LogP contribution in [0.5, 0.6) is 0 Å². The lowest BCUT2D eigenvalue weighted by Crippen LogP contribution is -2.33. The molecule has 0 amide bonds. The molecule has 0 unspecified atom stereocenters. The van der Waals surface area contributed by atoms with E-state index in [1.807, 2.05) is 0 Å². The van der Waals surface area contributed by atoms with Crippen molar-refractivity contribution in [3.05, 3.63) is 17.7 Å². The molecular weight excluding hydrogens is 271 g/mol. The van der Waals surface area contributed by atoms with Gasteiger partial charge in [0.15, 0.2) is 0 Å². The first-order valence-electron chi connectivity index (χ1n) is 6.56. The van der Waals surface area contributed by atoms with E-state index in [1.54, 1.807) is 0 Å². The largest absolute Gasteiger partial charge is 0.416 e. The molecule has 1 saturated carbocycles. The first kappa shape index (κ1) is 14.9.